The van der Waals surface area contributed by atoms with E-state index < -0.39 is 0 Å². The molecule has 0 aliphatic carbocycles. The molecule has 4 N–H and O–H groups in total. The van der Waals surface area contributed by atoms with Crippen molar-refractivity contribution in [2.45, 2.75) is 13.1 Å². The second-order valence-electron chi connectivity index (χ2n) is 4.19. The van der Waals surface area contributed by atoms with Crippen molar-refractivity contribution >= 4 is 11.7 Å². The zero-order valence-electron chi connectivity index (χ0n) is 10.8. The molecule has 100 valence electrons. The predicted molar refractivity (Wildman–Crippen MR) is 73.4 cm³/mol. The summed E-state index contributed by atoms with van der Waals surface area (Å²) in [5.41, 5.74) is 8.06. The molecule has 0 fully saturated rings. The Labute approximate surface area is 111 Å². The number of hydrogen-bond donors (Lipinski definition) is 3. The SMILES string of the molecule is Cn1ccc(CNC(=O)Nc2cccc(CN)c2)n1. The highest BCUT2D eigenvalue weighted by molar-refractivity contribution is 5.89. The first-order valence-corrected chi connectivity index (χ1v) is 6.00. The van der Waals surface area contributed by atoms with Gasteiger partial charge in [0.1, 0.15) is 0 Å². The van der Waals surface area contributed by atoms with E-state index in [2.05, 4.69) is 15.7 Å². The minimum absolute atomic E-state index is 0.264. The molecule has 2 amide bonds. The van der Waals surface area contributed by atoms with Crippen LogP contribution in [0.5, 0.6) is 0 Å². The van der Waals surface area contributed by atoms with Crippen molar-refractivity contribution in [3.63, 3.8) is 0 Å². The fourth-order valence-corrected chi connectivity index (χ4v) is 1.68. The number of aromatic nitrogens is 2. The fourth-order valence-electron chi connectivity index (χ4n) is 1.68. The molecule has 0 radical (unpaired) electrons. The highest BCUT2D eigenvalue weighted by Crippen LogP contribution is 2.09. The predicted octanol–water partition coefficient (Wildman–Crippen LogP) is 1.20. The molecule has 0 atom stereocenters. The number of nitrogens with one attached hydrogen (secondary N) is 2. The summed E-state index contributed by atoms with van der Waals surface area (Å²) < 4.78 is 1.69. The molecule has 6 nitrogen and oxygen atoms in total. The van der Waals surface area contributed by atoms with Crippen LogP contribution in [0.25, 0.3) is 0 Å². The van der Waals surface area contributed by atoms with E-state index in [1.165, 1.54) is 0 Å². The lowest BCUT2D eigenvalue weighted by Crippen LogP contribution is -2.28. The Balaban J connectivity index is 1.86. The molecule has 2 aromatic rings. The zero-order chi connectivity index (χ0) is 13.7. The first-order valence-electron chi connectivity index (χ1n) is 6.00. The summed E-state index contributed by atoms with van der Waals surface area (Å²) in [6.45, 7) is 0.842. The third kappa shape index (κ3) is 3.82. The van der Waals surface area contributed by atoms with Crippen molar-refractivity contribution < 1.29 is 4.79 Å². The minimum atomic E-state index is -0.264. The Morgan fingerprint density at radius 1 is 1.42 bits per heavy atom. The summed E-state index contributed by atoms with van der Waals surface area (Å²) in [6.07, 6.45) is 1.83. The summed E-state index contributed by atoms with van der Waals surface area (Å²) in [4.78, 5) is 11.7. The zero-order valence-corrected chi connectivity index (χ0v) is 10.8. The number of rotatable bonds is 4. The van der Waals surface area contributed by atoms with Gasteiger partial charge in [-0.05, 0) is 23.8 Å². The highest BCUT2D eigenvalue weighted by Gasteiger charge is 2.03. The standard InChI is InChI=1S/C13H17N5O/c1-18-6-5-12(17-18)9-15-13(19)16-11-4-2-3-10(7-11)8-14/h2-7H,8-9,14H2,1H3,(H2,15,16,19). The number of nitrogens with zero attached hydrogens (tertiary/aromatic N) is 2. The van der Waals surface area contributed by atoms with Gasteiger partial charge in [0.25, 0.3) is 0 Å². The molecule has 1 heterocycles. The molecule has 1 aromatic heterocycles. The summed E-state index contributed by atoms with van der Waals surface area (Å²) in [6, 6.07) is 9.03. The van der Waals surface area contributed by atoms with E-state index in [1.54, 1.807) is 4.68 Å². The van der Waals surface area contributed by atoms with Gasteiger partial charge in [0.2, 0.25) is 0 Å². The lowest BCUT2D eigenvalue weighted by molar-refractivity contribution is 0.251. The van der Waals surface area contributed by atoms with Gasteiger partial charge in [-0.1, -0.05) is 12.1 Å². The second-order valence-corrected chi connectivity index (χ2v) is 4.19. The van der Waals surface area contributed by atoms with Crippen molar-refractivity contribution in [1.82, 2.24) is 15.1 Å². The first kappa shape index (κ1) is 13.1. The molecule has 0 bridgehead atoms. The van der Waals surface area contributed by atoms with E-state index in [-0.39, 0.29) is 6.03 Å². The van der Waals surface area contributed by atoms with Crippen LogP contribution in [0.2, 0.25) is 0 Å². The molecular formula is C13H17N5O. The van der Waals surface area contributed by atoms with Crippen LogP contribution >= 0.6 is 0 Å². The average Bonchev–Trinajstić information content (AvgIpc) is 2.82. The van der Waals surface area contributed by atoms with Gasteiger partial charge in [-0.25, -0.2) is 4.79 Å². The average molecular weight is 259 g/mol. The fraction of sp³-hybridized carbons (Fsp3) is 0.231. The third-order valence-corrected chi connectivity index (χ3v) is 2.62. The minimum Gasteiger partial charge on any atom is -0.332 e. The van der Waals surface area contributed by atoms with Crippen molar-refractivity contribution in [3.05, 3.63) is 47.8 Å². The van der Waals surface area contributed by atoms with Gasteiger partial charge in [0.05, 0.1) is 12.2 Å². The van der Waals surface area contributed by atoms with Crippen LogP contribution in [0.3, 0.4) is 0 Å². The number of carbonyl (C=O) groups excluding carboxylic acids is 1. The summed E-state index contributed by atoms with van der Waals surface area (Å²) in [5, 5.41) is 9.67. The van der Waals surface area contributed by atoms with Crippen molar-refractivity contribution in [1.29, 1.82) is 0 Å². The van der Waals surface area contributed by atoms with Crippen LogP contribution in [0.4, 0.5) is 10.5 Å². The van der Waals surface area contributed by atoms with Crippen LogP contribution in [-0.2, 0) is 20.1 Å². The topological polar surface area (TPSA) is 85.0 Å². The number of nitrogens with two attached hydrogens (primary N) is 1. The van der Waals surface area contributed by atoms with Crippen LogP contribution in [-0.4, -0.2) is 15.8 Å². The first-order chi connectivity index (χ1) is 9.17. The molecule has 0 aliphatic heterocycles. The molecule has 1 aromatic carbocycles. The molecule has 0 spiro atoms. The van der Waals surface area contributed by atoms with Crippen molar-refractivity contribution in [3.8, 4) is 0 Å². The maximum Gasteiger partial charge on any atom is 0.319 e. The molecule has 0 saturated heterocycles. The van der Waals surface area contributed by atoms with E-state index in [1.807, 2.05) is 43.6 Å². The lowest BCUT2D eigenvalue weighted by atomic mass is 10.2. The number of amides is 2. The summed E-state index contributed by atoms with van der Waals surface area (Å²) in [5.74, 6) is 0. The third-order valence-electron chi connectivity index (χ3n) is 2.62. The Kier molecular flexibility index (Phi) is 4.15. The van der Waals surface area contributed by atoms with Crippen LogP contribution in [0.15, 0.2) is 36.5 Å². The number of aryl methyl sites for hydroxylation is 1. The van der Waals surface area contributed by atoms with Crippen LogP contribution < -0.4 is 16.4 Å². The van der Waals surface area contributed by atoms with Gasteiger partial charge in [-0.15, -0.1) is 0 Å². The molecular weight excluding hydrogens is 242 g/mol. The van der Waals surface area contributed by atoms with Crippen LogP contribution in [0.1, 0.15) is 11.3 Å². The lowest BCUT2D eigenvalue weighted by Gasteiger charge is -2.07. The quantitative estimate of drug-likeness (QED) is 0.771. The van der Waals surface area contributed by atoms with E-state index in [9.17, 15) is 4.79 Å². The van der Waals surface area contributed by atoms with Gasteiger partial charge in [0, 0.05) is 25.5 Å². The van der Waals surface area contributed by atoms with Gasteiger partial charge < -0.3 is 16.4 Å². The van der Waals surface area contributed by atoms with Gasteiger partial charge >= 0.3 is 6.03 Å². The smallest absolute Gasteiger partial charge is 0.319 e. The number of benzene rings is 1. The largest absolute Gasteiger partial charge is 0.332 e. The van der Waals surface area contributed by atoms with E-state index >= 15 is 0 Å². The Bertz CT molecular complexity index is 564. The van der Waals surface area contributed by atoms with Crippen LogP contribution in [0, 0.1) is 0 Å². The van der Waals surface area contributed by atoms with Crippen molar-refractivity contribution in [2.24, 2.45) is 12.8 Å². The van der Waals surface area contributed by atoms with Gasteiger partial charge in [-0.3, -0.25) is 4.68 Å². The summed E-state index contributed by atoms with van der Waals surface area (Å²) >= 11 is 0. The van der Waals surface area contributed by atoms with Gasteiger partial charge in [-0.2, -0.15) is 5.10 Å². The molecule has 19 heavy (non-hydrogen) atoms. The molecule has 0 saturated carbocycles. The summed E-state index contributed by atoms with van der Waals surface area (Å²) in [7, 11) is 1.84. The normalized spacial score (nSPS) is 10.2. The number of carbonyl (C=O) groups is 1. The highest BCUT2D eigenvalue weighted by atomic mass is 16.2. The second kappa shape index (κ2) is 6.01. The number of hydrogen-bond acceptors (Lipinski definition) is 3. The van der Waals surface area contributed by atoms with E-state index in [0.717, 1.165) is 16.9 Å². The molecule has 0 aliphatic rings. The van der Waals surface area contributed by atoms with Crippen molar-refractivity contribution in [2.75, 3.05) is 5.32 Å². The number of urea groups is 1. The maximum absolute atomic E-state index is 11.7. The Hall–Kier alpha value is -2.34. The molecule has 0 unspecified atom stereocenters. The van der Waals surface area contributed by atoms with Gasteiger partial charge in [0.15, 0.2) is 0 Å². The van der Waals surface area contributed by atoms with E-state index in [4.69, 9.17) is 5.73 Å². The van der Waals surface area contributed by atoms with E-state index in [0.29, 0.717) is 13.1 Å². The molecule has 2 rings (SSSR count). The Morgan fingerprint density at radius 2 is 2.26 bits per heavy atom. The maximum atomic E-state index is 11.7. The Morgan fingerprint density at radius 3 is 2.95 bits per heavy atom. The number of anilines is 1. The monoisotopic (exact) mass is 259 g/mol. The molecule has 6 heteroatoms.